The third-order valence-electron chi connectivity index (χ3n) is 3.10. The molecule has 0 aliphatic rings. The van der Waals surface area contributed by atoms with Crippen LogP contribution in [0.25, 0.3) is 0 Å². The van der Waals surface area contributed by atoms with Crippen LogP contribution < -0.4 is 10.7 Å². The number of carbonyl (C=O) groups excluding carboxylic acids is 1. The van der Waals surface area contributed by atoms with Gasteiger partial charge in [-0.15, -0.1) is 0 Å². The van der Waals surface area contributed by atoms with Crippen LogP contribution in [0.2, 0.25) is 0 Å². The fourth-order valence-corrected chi connectivity index (χ4v) is 1.55. The molecule has 0 heterocycles. The number of hydrogen-bond acceptors (Lipinski definition) is 7. The van der Waals surface area contributed by atoms with Gasteiger partial charge in [-0.05, 0) is 26.8 Å². The fraction of sp³-hybridized carbons (Fsp3) is 0.286. The van der Waals surface area contributed by atoms with Gasteiger partial charge < -0.3 is 5.32 Å². The number of nitro benzene ring substituents is 2. The van der Waals surface area contributed by atoms with Crippen molar-refractivity contribution < 1.29 is 14.6 Å². The lowest BCUT2D eigenvalue weighted by Crippen LogP contribution is -2.38. The van der Waals surface area contributed by atoms with Gasteiger partial charge in [0.25, 0.3) is 5.69 Å². The van der Waals surface area contributed by atoms with Crippen LogP contribution in [0.5, 0.6) is 0 Å². The molecule has 1 aromatic carbocycles. The molecule has 1 aromatic rings. The maximum atomic E-state index is 11.5. The number of non-ortho nitro benzene ring substituents is 1. The highest BCUT2D eigenvalue weighted by Gasteiger charge is 2.19. The summed E-state index contributed by atoms with van der Waals surface area (Å²) in [7, 11) is 0. The molecular formula is C14H17N5O5. The van der Waals surface area contributed by atoms with Crippen molar-refractivity contribution in [1.82, 2.24) is 5.32 Å². The molecule has 24 heavy (non-hydrogen) atoms. The quantitative estimate of drug-likeness (QED) is 0.339. The largest absolute Gasteiger partial charge is 0.345 e. The van der Waals surface area contributed by atoms with Gasteiger partial charge in [0.1, 0.15) is 5.69 Å². The minimum atomic E-state index is -0.744. The fourth-order valence-electron chi connectivity index (χ4n) is 1.55. The lowest BCUT2D eigenvalue weighted by molar-refractivity contribution is -0.393. The van der Waals surface area contributed by atoms with Crippen molar-refractivity contribution in [1.29, 1.82) is 0 Å². The summed E-state index contributed by atoms with van der Waals surface area (Å²) in [6, 6.07) is 2.75. The summed E-state index contributed by atoms with van der Waals surface area (Å²) >= 11 is 0. The standard InChI is InChI=1S/C14H17N5O5/c1-8(2)14(20)15-9(3)10(4)16-17-12-6-5-11(18(21)22)7-13(12)19(23)24/h5-7,9,17H,1H2,2-4H3,(H,15,20)/b16-10+. The number of hydrogen-bond donors (Lipinski definition) is 2. The molecule has 0 saturated carbocycles. The molecule has 128 valence electrons. The van der Waals surface area contributed by atoms with E-state index in [1.807, 2.05) is 0 Å². The van der Waals surface area contributed by atoms with E-state index in [-0.39, 0.29) is 11.6 Å². The van der Waals surface area contributed by atoms with Gasteiger partial charge in [0.05, 0.1) is 27.7 Å². The van der Waals surface area contributed by atoms with Crippen LogP contribution in [0.4, 0.5) is 17.1 Å². The van der Waals surface area contributed by atoms with Gasteiger partial charge in [-0.1, -0.05) is 6.58 Å². The Bertz CT molecular complexity index is 728. The molecule has 1 atom stereocenters. The van der Waals surface area contributed by atoms with Crippen molar-refractivity contribution >= 4 is 28.7 Å². The first-order chi connectivity index (χ1) is 11.1. The molecule has 2 N–H and O–H groups in total. The van der Waals surface area contributed by atoms with Crippen molar-refractivity contribution in [2.75, 3.05) is 5.43 Å². The average Bonchev–Trinajstić information content (AvgIpc) is 2.51. The van der Waals surface area contributed by atoms with Crippen molar-refractivity contribution in [3.63, 3.8) is 0 Å². The SMILES string of the molecule is C=C(C)C(=O)NC(C)/C(C)=N/Nc1ccc([N+](=O)[O-])cc1[N+](=O)[O-]. The Morgan fingerprint density at radius 3 is 2.38 bits per heavy atom. The molecule has 0 spiro atoms. The summed E-state index contributed by atoms with van der Waals surface area (Å²) in [5.74, 6) is -0.335. The maximum Gasteiger partial charge on any atom is 0.301 e. The first-order valence-electron chi connectivity index (χ1n) is 6.83. The van der Waals surface area contributed by atoms with E-state index in [0.717, 1.165) is 12.1 Å². The Morgan fingerprint density at radius 1 is 1.25 bits per heavy atom. The van der Waals surface area contributed by atoms with Crippen molar-refractivity contribution in [3.05, 3.63) is 50.6 Å². The van der Waals surface area contributed by atoms with Crippen molar-refractivity contribution in [2.24, 2.45) is 5.10 Å². The molecule has 10 heteroatoms. The number of hydrazone groups is 1. The van der Waals surface area contributed by atoms with E-state index in [9.17, 15) is 25.0 Å². The zero-order chi connectivity index (χ0) is 18.4. The van der Waals surface area contributed by atoms with Gasteiger partial charge in [0, 0.05) is 11.6 Å². The smallest absolute Gasteiger partial charge is 0.301 e. The Balaban J connectivity index is 2.96. The monoisotopic (exact) mass is 335 g/mol. The Hall–Kier alpha value is -3.30. The molecule has 0 bridgehead atoms. The van der Waals surface area contributed by atoms with Gasteiger partial charge in [0.2, 0.25) is 5.91 Å². The van der Waals surface area contributed by atoms with Gasteiger partial charge in [-0.2, -0.15) is 5.10 Å². The van der Waals surface area contributed by atoms with E-state index in [4.69, 9.17) is 0 Å². The number of anilines is 1. The molecule has 1 unspecified atom stereocenters. The minimum Gasteiger partial charge on any atom is -0.345 e. The molecule has 1 rings (SSSR count). The summed E-state index contributed by atoms with van der Waals surface area (Å²) in [6.45, 7) is 8.38. The van der Waals surface area contributed by atoms with Crippen LogP contribution in [0, 0.1) is 20.2 Å². The minimum absolute atomic E-state index is 0.00313. The Labute approximate surface area is 137 Å². The summed E-state index contributed by atoms with van der Waals surface area (Å²) in [6.07, 6.45) is 0. The lowest BCUT2D eigenvalue weighted by Gasteiger charge is -2.13. The molecule has 0 aliphatic heterocycles. The second-order valence-corrected chi connectivity index (χ2v) is 5.06. The van der Waals surface area contributed by atoms with Crippen LogP contribution in [0.15, 0.2) is 35.5 Å². The van der Waals surface area contributed by atoms with Gasteiger partial charge >= 0.3 is 5.69 Å². The zero-order valence-electron chi connectivity index (χ0n) is 13.4. The summed E-state index contributed by atoms with van der Waals surface area (Å²) < 4.78 is 0. The molecule has 0 aromatic heterocycles. The van der Waals surface area contributed by atoms with E-state index in [2.05, 4.69) is 22.4 Å². The van der Waals surface area contributed by atoms with E-state index in [0.29, 0.717) is 11.3 Å². The number of carbonyl (C=O) groups is 1. The van der Waals surface area contributed by atoms with Crippen molar-refractivity contribution in [3.8, 4) is 0 Å². The van der Waals surface area contributed by atoms with Crippen LogP contribution >= 0.6 is 0 Å². The van der Waals surface area contributed by atoms with E-state index >= 15 is 0 Å². The van der Waals surface area contributed by atoms with Crippen LogP contribution in [0.1, 0.15) is 20.8 Å². The third kappa shape index (κ3) is 4.87. The number of nitro groups is 2. The molecule has 0 fully saturated rings. The number of benzene rings is 1. The Kier molecular flexibility index (Phi) is 6.10. The number of rotatable bonds is 7. The number of nitrogens with zero attached hydrogens (tertiary/aromatic N) is 3. The van der Waals surface area contributed by atoms with Gasteiger partial charge in [-0.3, -0.25) is 30.4 Å². The predicted molar refractivity (Wildman–Crippen MR) is 88.9 cm³/mol. The summed E-state index contributed by atoms with van der Waals surface area (Å²) in [5, 5.41) is 28.3. The molecular weight excluding hydrogens is 318 g/mol. The molecule has 0 aliphatic carbocycles. The second kappa shape index (κ2) is 7.81. The van der Waals surface area contributed by atoms with Gasteiger partial charge in [0.15, 0.2) is 0 Å². The van der Waals surface area contributed by atoms with Crippen molar-refractivity contribution in [2.45, 2.75) is 26.8 Å². The third-order valence-corrected chi connectivity index (χ3v) is 3.10. The van der Waals surface area contributed by atoms with E-state index in [1.165, 1.54) is 6.07 Å². The number of nitrogens with one attached hydrogen (secondary N) is 2. The highest BCUT2D eigenvalue weighted by Crippen LogP contribution is 2.28. The first-order valence-corrected chi connectivity index (χ1v) is 6.83. The predicted octanol–water partition coefficient (Wildman–Crippen LogP) is 2.37. The molecule has 0 saturated heterocycles. The van der Waals surface area contributed by atoms with E-state index < -0.39 is 27.3 Å². The molecule has 0 radical (unpaired) electrons. The topological polar surface area (TPSA) is 140 Å². The summed E-state index contributed by atoms with van der Waals surface area (Å²) in [5.41, 5.74) is 2.43. The second-order valence-electron chi connectivity index (χ2n) is 5.06. The van der Waals surface area contributed by atoms with Crippen LogP contribution in [-0.4, -0.2) is 27.5 Å². The van der Waals surface area contributed by atoms with Crippen LogP contribution in [-0.2, 0) is 4.79 Å². The molecule has 10 nitrogen and oxygen atoms in total. The highest BCUT2D eigenvalue weighted by molar-refractivity contribution is 5.97. The molecule has 1 amide bonds. The van der Waals surface area contributed by atoms with Crippen LogP contribution in [0.3, 0.4) is 0 Å². The zero-order valence-corrected chi connectivity index (χ0v) is 13.4. The highest BCUT2D eigenvalue weighted by atomic mass is 16.6. The average molecular weight is 335 g/mol. The maximum absolute atomic E-state index is 11.5. The number of amides is 1. The first kappa shape index (κ1) is 18.7. The lowest BCUT2D eigenvalue weighted by atomic mass is 10.2. The van der Waals surface area contributed by atoms with E-state index in [1.54, 1.807) is 20.8 Å². The van der Waals surface area contributed by atoms with Gasteiger partial charge in [-0.25, -0.2) is 0 Å². The summed E-state index contributed by atoms with van der Waals surface area (Å²) in [4.78, 5) is 31.8. The normalized spacial score (nSPS) is 12.2. The Morgan fingerprint density at radius 2 is 1.88 bits per heavy atom.